The molecule has 0 spiro atoms. The zero-order valence-electron chi connectivity index (χ0n) is 9.03. The molecule has 0 saturated heterocycles. The average Bonchev–Trinajstić information content (AvgIpc) is 2.16. The number of nitrogens with zero attached hydrogens (tertiary/aromatic N) is 2. The highest BCUT2D eigenvalue weighted by molar-refractivity contribution is 6.05. The van der Waals surface area contributed by atoms with E-state index in [-0.39, 0.29) is 11.4 Å². The van der Waals surface area contributed by atoms with Gasteiger partial charge in [0.2, 0.25) is 5.91 Å². The van der Waals surface area contributed by atoms with Gasteiger partial charge in [-0.1, -0.05) is 0 Å². The van der Waals surface area contributed by atoms with Crippen LogP contribution in [0.4, 0.5) is 0 Å². The van der Waals surface area contributed by atoms with Crippen LogP contribution in [-0.4, -0.2) is 28.7 Å². The second kappa shape index (κ2) is 3.31. The van der Waals surface area contributed by atoms with E-state index in [0.29, 0.717) is 18.8 Å². The fourth-order valence-corrected chi connectivity index (χ4v) is 1.88. The molecule has 15 heavy (non-hydrogen) atoms. The largest absolute Gasteiger partial charge is 0.328 e. The third-order valence-electron chi connectivity index (χ3n) is 2.88. The molecule has 80 valence electrons. The van der Waals surface area contributed by atoms with Crippen molar-refractivity contribution in [3.05, 3.63) is 23.9 Å². The van der Waals surface area contributed by atoms with E-state index in [1.165, 1.54) is 0 Å². The van der Waals surface area contributed by atoms with Crippen molar-refractivity contribution in [1.29, 1.82) is 0 Å². The van der Waals surface area contributed by atoms with Gasteiger partial charge < -0.3 is 10.6 Å². The summed E-state index contributed by atoms with van der Waals surface area (Å²) in [4.78, 5) is 17.5. The molecule has 0 radical (unpaired) electrons. The molecule has 0 saturated carbocycles. The zero-order chi connectivity index (χ0) is 11.1. The summed E-state index contributed by atoms with van der Waals surface area (Å²) in [7, 11) is 0. The number of amides is 1. The molecule has 0 fully saturated rings. The van der Waals surface area contributed by atoms with Crippen molar-refractivity contribution in [1.82, 2.24) is 4.90 Å². The lowest BCUT2D eigenvalue weighted by molar-refractivity contribution is -0.120. The molecule has 2 heterocycles. The minimum atomic E-state index is -0.331. The molecule has 2 aliphatic heterocycles. The lowest BCUT2D eigenvalue weighted by Crippen LogP contribution is -2.55. The molecule has 1 atom stereocenters. The summed E-state index contributed by atoms with van der Waals surface area (Å²) in [5, 5.41) is 0. The molecule has 4 nitrogen and oxygen atoms in total. The van der Waals surface area contributed by atoms with Gasteiger partial charge in [-0.2, -0.15) is 4.99 Å². The Morgan fingerprint density at radius 1 is 1.67 bits per heavy atom. The fourth-order valence-electron chi connectivity index (χ4n) is 1.88. The summed E-state index contributed by atoms with van der Waals surface area (Å²) in [5.74, 6) is 0.618. The lowest BCUT2D eigenvalue weighted by Gasteiger charge is -2.42. The van der Waals surface area contributed by atoms with Gasteiger partial charge in [-0.15, -0.1) is 0 Å². The molecule has 2 aliphatic rings. The van der Waals surface area contributed by atoms with Crippen LogP contribution in [0.5, 0.6) is 0 Å². The summed E-state index contributed by atoms with van der Waals surface area (Å²) < 4.78 is 0. The first-order chi connectivity index (χ1) is 7.05. The minimum Gasteiger partial charge on any atom is -0.328 e. The molecular formula is C11H15N3O. The summed E-state index contributed by atoms with van der Waals surface area (Å²) in [6.45, 7) is 4.41. The third kappa shape index (κ3) is 1.61. The highest BCUT2D eigenvalue weighted by Crippen LogP contribution is 2.27. The topological polar surface area (TPSA) is 58.7 Å². The summed E-state index contributed by atoms with van der Waals surface area (Å²) in [5.41, 5.74) is 6.50. The molecule has 0 aromatic carbocycles. The second-order valence-electron chi connectivity index (χ2n) is 4.32. The molecule has 1 unspecified atom stereocenters. The van der Waals surface area contributed by atoms with Crippen LogP contribution in [0.1, 0.15) is 20.3 Å². The van der Waals surface area contributed by atoms with Crippen molar-refractivity contribution >= 4 is 11.7 Å². The quantitative estimate of drug-likeness (QED) is 0.689. The van der Waals surface area contributed by atoms with E-state index in [9.17, 15) is 4.79 Å². The van der Waals surface area contributed by atoms with Gasteiger partial charge in [0.05, 0.1) is 12.0 Å². The lowest BCUT2D eigenvalue weighted by atomic mass is 9.92. The SMILES string of the molecule is CC1=CC2=NC(=O)CC(C)(CN)N2C=C1. The number of rotatable bonds is 1. The number of carbonyl (C=O) groups is 1. The zero-order valence-corrected chi connectivity index (χ0v) is 9.03. The summed E-state index contributed by atoms with van der Waals surface area (Å²) >= 11 is 0. The highest BCUT2D eigenvalue weighted by atomic mass is 16.1. The first-order valence-corrected chi connectivity index (χ1v) is 5.03. The van der Waals surface area contributed by atoms with Crippen LogP contribution in [0.2, 0.25) is 0 Å². The van der Waals surface area contributed by atoms with Crippen LogP contribution in [0.3, 0.4) is 0 Å². The van der Waals surface area contributed by atoms with Crippen LogP contribution in [0, 0.1) is 0 Å². The molecule has 1 amide bonds. The highest BCUT2D eigenvalue weighted by Gasteiger charge is 2.37. The van der Waals surface area contributed by atoms with Gasteiger partial charge in [-0.3, -0.25) is 4.79 Å². The van der Waals surface area contributed by atoms with E-state index in [2.05, 4.69) is 4.99 Å². The first kappa shape index (κ1) is 10.1. The van der Waals surface area contributed by atoms with Gasteiger partial charge in [0.25, 0.3) is 0 Å². The van der Waals surface area contributed by atoms with Crippen LogP contribution >= 0.6 is 0 Å². The minimum absolute atomic E-state index is 0.0893. The Hall–Kier alpha value is -1.42. The van der Waals surface area contributed by atoms with Crippen LogP contribution < -0.4 is 5.73 Å². The molecule has 0 aromatic rings. The Morgan fingerprint density at radius 2 is 2.40 bits per heavy atom. The smallest absolute Gasteiger partial charge is 0.250 e. The molecular weight excluding hydrogens is 190 g/mol. The molecule has 0 aromatic heterocycles. The Bertz CT molecular complexity index is 395. The van der Waals surface area contributed by atoms with Gasteiger partial charge in [0.15, 0.2) is 0 Å². The normalized spacial score (nSPS) is 29.8. The maximum absolute atomic E-state index is 11.5. The van der Waals surface area contributed by atoms with Crippen molar-refractivity contribution in [3.8, 4) is 0 Å². The number of amidine groups is 1. The average molecular weight is 205 g/mol. The Balaban J connectivity index is 2.44. The van der Waals surface area contributed by atoms with E-state index in [1.54, 1.807) is 0 Å². The number of aliphatic imine (C=N–C) groups is 1. The van der Waals surface area contributed by atoms with Gasteiger partial charge in [0.1, 0.15) is 5.84 Å². The second-order valence-corrected chi connectivity index (χ2v) is 4.32. The van der Waals surface area contributed by atoms with E-state index < -0.39 is 0 Å². The molecule has 0 aliphatic carbocycles. The van der Waals surface area contributed by atoms with Gasteiger partial charge in [-0.25, -0.2) is 0 Å². The van der Waals surface area contributed by atoms with Crippen molar-refractivity contribution in [3.63, 3.8) is 0 Å². The predicted octanol–water partition coefficient (Wildman–Crippen LogP) is 0.808. The van der Waals surface area contributed by atoms with Crippen LogP contribution in [-0.2, 0) is 4.79 Å². The van der Waals surface area contributed by atoms with Gasteiger partial charge >= 0.3 is 0 Å². The standard InChI is InChI=1S/C11H15N3O/c1-8-3-4-14-9(5-8)13-10(15)6-11(14,2)7-12/h3-5H,6-7,12H2,1-2H3. The monoisotopic (exact) mass is 205 g/mol. The van der Waals surface area contributed by atoms with Crippen molar-refractivity contribution < 1.29 is 4.79 Å². The maximum Gasteiger partial charge on any atom is 0.250 e. The number of allylic oxidation sites excluding steroid dienone is 2. The van der Waals surface area contributed by atoms with Crippen LogP contribution in [0.25, 0.3) is 0 Å². The third-order valence-corrected chi connectivity index (χ3v) is 2.88. The van der Waals surface area contributed by atoms with E-state index in [4.69, 9.17) is 5.73 Å². The molecule has 2 N–H and O–H groups in total. The number of nitrogens with two attached hydrogens (primary N) is 1. The number of carbonyl (C=O) groups excluding carboxylic acids is 1. The summed E-state index contributed by atoms with van der Waals surface area (Å²) in [6, 6.07) is 0. The Morgan fingerprint density at radius 3 is 3.07 bits per heavy atom. The van der Waals surface area contributed by atoms with E-state index in [0.717, 1.165) is 5.57 Å². The van der Waals surface area contributed by atoms with Gasteiger partial charge in [0, 0.05) is 12.7 Å². The molecule has 2 rings (SSSR count). The number of fused-ring (bicyclic) bond motifs is 1. The molecule has 4 heteroatoms. The Kier molecular flexibility index (Phi) is 2.23. The van der Waals surface area contributed by atoms with Crippen molar-refractivity contribution in [2.24, 2.45) is 10.7 Å². The Labute approximate surface area is 89.2 Å². The number of hydrogen-bond donors (Lipinski definition) is 1. The van der Waals surface area contributed by atoms with Crippen molar-refractivity contribution in [2.75, 3.05) is 6.54 Å². The first-order valence-electron chi connectivity index (χ1n) is 5.03. The van der Waals surface area contributed by atoms with E-state index >= 15 is 0 Å². The van der Waals surface area contributed by atoms with E-state index in [1.807, 2.05) is 37.1 Å². The molecule has 0 bridgehead atoms. The maximum atomic E-state index is 11.5. The summed E-state index contributed by atoms with van der Waals surface area (Å²) in [6.07, 6.45) is 6.24. The number of hydrogen-bond acceptors (Lipinski definition) is 3. The van der Waals surface area contributed by atoms with Gasteiger partial charge in [-0.05, 0) is 31.6 Å². The van der Waals surface area contributed by atoms with Crippen LogP contribution in [0.15, 0.2) is 28.9 Å². The fraction of sp³-hybridized carbons (Fsp3) is 0.455. The predicted molar refractivity (Wildman–Crippen MR) is 59.3 cm³/mol. The van der Waals surface area contributed by atoms with Crippen molar-refractivity contribution in [2.45, 2.75) is 25.8 Å².